The molecule has 0 aliphatic carbocycles. The zero-order valence-corrected chi connectivity index (χ0v) is 13.2. The van der Waals surface area contributed by atoms with E-state index in [1.807, 2.05) is 54.2 Å². The van der Waals surface area contributed by atoms with Crippen molar-refractivity contribution < 1.29 is 9.53 Å². The third-order valence-electron chi connectivity index (χ3n) is 3.56. The second kappa shape index (κ2) is 6.48. The molecule has 116 valence electrons. The van der Waals surface area contributed by atoms with Crippen LogP contribution in [0.3, 0.4) is 0 Å². The molecule has 0 atom stereocenters. The third-order valence-corrected chi connectivity index (χ3v) is 3.56. The smallest absolute Gasteiger partial charge is 0.338 e. The fourth-order valence-electron chi connectivity index (χ4n) is 2.40. The van der Waals surface area contributed by atoms with E-state index < -0.39 is 0 Å². The van der Waals surface area contributed by atoms with Crippen LogP contribution in [0.2, 0.25) is 0 Å². The van der Waals surface area contributed by atoms with E-state index in [-0.39, 0.29) is 5.97 Å². The van der Waals surface area contributed by atoms with E-state index in [0.29, 0.717) is 12.2 Å². The van der Waals surface area contributed by atoms with Gasteiger partial charge in [-0.2, -0.15) is 5.10 Å². The number of carbonyl (C=O) groups is 1. The number of ether oxygens (including phenoxy) is 1. The predicted molar refractivity (Wildman–Crippen MR) is 89.7 cm³/mol. The van der Waals surface area contributed by atoms with Crippen molar-refractivity contribution >= 4 is 5.97 Å². The summed E-state index contributed by atoms with van der Waals surface area (Å²) in [6.07, 6.45) is 1.94. The molecular weight excluding hydrogens is 288 g/mol. The Balaban J connectivity index is 1.88. The highest BCUT2D eigenvalue weighted by molar-refractivity contribution is 5.90. The number of esters is 1. The van der Waals surface area contributed by atoms with Crippen molar-refractivity contribution in [3.8, 4) is 16.8 Å². The first-order chi connectivity index (χ1) is 11.2. The quantitative estimate of drug-likeness (QED) is 0.684. The van der Waals surface area contributed by atoms with Gasteiger partial charge in [-0.15, -0.1) is 0 Å². The summed E-state index contributed by atoms with van der Waals surface area (Å²) in [6.45, 7) is 4.15. The van der Waals surface area contributed by atoms with Crippen LogP contribution in [0.25, 0.3) is 16.8 Å². The molecule has 1 aromatic heterocycles. The molecular formula is C19H18N2O2. The van der Waals surface area contributed by atoms with Crippen LogP contribution in [-0.4, -0.2) is 22.4 Å². The number of nitrogens with zero attached hydrogens (tertiary/aromatic N) is 2. The van der Waals surface area contributed by atoms with Crippen LogP contribution in [-0.2, 0) is 4.74 Å². The molecule has 0 saturated carbocycles. The van der Waals surface area contributed by atoms with E-state index in [1.54, 1.807) is 19.1 Å². The number of hydrogen-bond acceptors (Lipinski definition) is 3. The molecule has 4 nitrogen and oxygen atoms in total. The topological polar surface area (TPSA) is 44.1 Å². The summed E-state index contributed by atoms with van der Waals surface area (Å²) in [7, 11) is 0. The van der Waals surface area contributed by atoms with Crippen molar-refractivity contribution in [1.29, 1.82) is 0 Å². The first kappa shape index (κ1) is 15.0. The second-order valence-corrected chi connectivity index (χ2v) is 5.25. The molecule has 0 radical (unpaired) electrons. The first-order valence-electron chi connectivity index (χ1n) is 7.57. The lowest BCUT2D eigenvalue weighted by atomic mass is 10.0. The minimum absolute atomic E-state index is 0.292. The summed E-state index contributed by atoms with van der Waals surface area (Å²) in [5, 5.41) is 4.43. The van der Waals surface area contributed by atoms with Gasteiger partial charge in [0.1, 0.15) is 0 Å². The molecule has 0 unspecified atom stereocenters. The minimum atomic E-state index is -0.292. The highest BCUT2D eigenvalue weighted by Gasteiger charge is 2.07. The van der Waals surface area contributed by atoms with Gasteiger partial charge in [-0.25, -0.2) is 9.48 Å². The molecule has 1 heterocycles. The zero-order valence-electron chi connectivity index (χ0n) is 13.2. The maximum Gasteiger partial charge on any atom is 0.338 e. The van der Waals surface area contributed by atoms with Crippen LogP contribution >= 0.6 is 0 Å². The lowest BCUT2D eigenvalue weighted by Crippen LogP contribution is -2.04. The van der Waals surface area contributed by atoms with E-state index >= 15 is 0 Å². The maximum atomic E-state index is 11.7. The first-order valence-corrected chi connectivity index (χ1v) is 7.57. The normalized spacial score (nSPS) is 10.5. The van der Waals surface area contributed by atoms with Gasteiger partial charge in [0.05, 0.1) is 23.6 Å². The van der Waals surface area contributed by atoms with E-state index in [2.05, 4.69) is 11.2 Å². The van der Waals surface area contributed by atoms with Gasteiger partial charge >= 0.3 is 5.97 Å². The molecule has 0 amide bonds. The molecule has 23 heavy (non-hydrogen) atoms. The lowest BCUT2D eigenvalue weighted by molar-refractivity contribution is 0.0526. The fourth-order valence-corrected chi connectivity index (χ4v) is 2.40. The highest BCUT2D eigenvalue weighted by atomic mass is 16.5. The SMILES string of the molecule is CCOC(=O)c1ccc(-c2cccc(-n3ccc(C)n3)c2)cc1. The second-order valence-electron chi connectivity index (χ2n) is 5.25. The van der Waals surface area contributed by atoms with Crippen LogP contribution < -0.4 is 0 Å². The highest BCUT2D eigenvalue weighted by Crippen LogP contribution is 2.22. The Morgan fingerprint density at radius 1 is 1.09 bits per heavy atom. The summed E-state index contributed by atoms with van der Waals surface area (Å²) in [6, 6.07) is 17.5. The average molecular weight is 306 g/mol. The number of rotatable bonds is 4. The Morgan fingerprint density at radius 2 is 1.87 bits per heavy atom. The third kappa shape index (κ3) is 3.31. The summed E-state index contributed by atoms with van der Waals surface area (Å²) in [4.78, 5) is 11.7. The van der Waals surface area contributed by atoms with Gasteiger partial charge in [-0.3, -0.25) is 0 Å². The van der Waals surface area contributed by atoms with Gasteiger partial charge in [0.15, 0.2) is 0 Å². The molecule has 0 spiro atoms. The average Bonchev–Trinajstić information content (AvgIpc) is 3.02. The van der Waals surface area contributed by atoms with E-state index in [0.717, 1.165) is 22.5 Å². The van der Waals surface area contributed by atoms with Crippen molar-refractivity contribution in [1.82, 2.24) is 9.78 Å². The van der Waals surface area contributed by atoms with Crippen molar-refractivity contribution in [2.45, 2.75) is 13.8 Å². The molecule has 2 aromatic carbocycles. The Bertz CT molecular complexity index is 819. The number of hydrogen-bond donors (Lipinski definition) is 0. The summed E-state index contributed by atoms with van der Waals surface area (Å²) < 4.78 is 6.86. The molecule has 0 N–H and O–H groups in total. The maximum absolute atomic E-state index is 11.7. The van der Waals surface area contributed by atoms with Gasteiger partial charge in [-0.05, 0) is 55.3 Å². The molecule has 0 fully saturated rings. The van der Waals surface area contributed by atoms with E-state index in [4.69, 9.17) is 4.74 Å². The fraction of sp³-hybridized carbons (Fsp3) is 0.158. The van der Waals surface area contributed by atoms with Crippen molar-refractivity contribution in [2.75, 3.05) is 6.61 Å². The summed E-state index contributed by atoms with van der Waals surface area (Å²) in [5.41, 5.74) is 4.67. The lowest BCUT2D eigenvalue weighted by Gasteiger charge is -2.07. The Kier molecular flexibility index (Phi) is 4.24. The number of carbonyl (C=O) groups excluding carboxylic acids is 1. The minimum Gasteiger partial charge on any atom is -0.462 e. The Morgan fingerprint density at radius 3 is 2.52 bits per heavy atom. The van der Waals surface area contributed by atoms with Crippen molar-refractivity contribution in [3.05, 3.63) is 72.1 Å². The molecule has 0 aliphatic heterocycles. The molecule has 3 rings (SSSR count). The number of aromatic nitrogens is 2. The van der Waals surface area contributed by atoms with Crippen molar-refractivity contribution in [3.63, 3.8) is 0 Å². The summed E-state index contributed by atoms with van der Waals surface area (Å²) >= 11 is 0. The van der Waals surface area contributed by atoms with Crippen LogP contribution in [0.4, 0.5) is 0 Å². The number of aryl methyl sites for hydroxylation is 1. The predicted octanol–water partition coefficient (Wildman–Crippen LogP) is 4.02. The van der Waals surface area contributed by atoms with Gasteiger partial charge < -0.3 is 4.74 Å². The molecule has 0 saturated heterocycles. The Hall–Kier alpha value is -2.88. The van der Waals surface area contributed by atoms with Crippen LogP contribution in [0.15, 0.2) is 60.8 Å². The molecule has 0 bridgehead atoms. The Labute approximate surface area is 135 Å². The molecule has 4 heteroatoms. The van der Waals surface area contributed by atoms with Gasteiger partial charge in [0.2, 0.25) is 0 Å². The standard InChI is InChI=1S/C19H18N2O2/c1-3-23-19(22)16-9-7-15(8-10-16)17-5-4-6-18(13-17)21-12-11-14(2)20-21/h4-13H,3H2,1-2H3. The van der Waals surface area contributed by atoms with Crippen LogP contribution in [0.1, 0.15) is 23.0 Å². The number of benzene rings is 2. The van der Waals surface area contributed by atoms with E-state index in [9.17, 15) is 4.79 Å². The molecule has 0 aliphatic rings. The van der Waals surface area contributed by atoms with Gasteiger partial charge in [0.25, 0.3) is 0 Å². The summed E-state index contributed by atoms with van der Waals surface area (Å²) in [5.74, 6) is -0.292. The zero-order chi connectivity index (χ0) is 16.2. The van der Waals surface area contributed by atoms with Crippen molar-refractivity contribution in [2.24, 2.45) is 0 Å². The largest absolute Gasteiger partial charge is 0.462 e. The van der Waals surface area contributed by atoms with Gasteiger partial charge in [0, 0.05) is 6.20 Å². The monoisotopic (exact) mass is 306 g/mol. The van der Waals surface area contributed by atoms with E-state index in [1.165, 1.54) is 0 Å². The molecule has 3 aromatic rings. The van der Waals surface area contributed by atoms with Crippen LogP contribution in [0.5, 0.6) is 0 Å². The van der Waals surface area contributed by atoms with Crippen LogP contribution in [0, 0.1) is 6.92 Å². The van der Waals surface area contributed by atoms with Gasteiger partial charge in [-0.1, -0.05) is 24.3 Å².